The fraction of sp³-hybridized carbons (Fsp3) is 0.500. The minimum atomic E-state index is -0.233. The van der Waals surface area contributed by atoms with Crippen LogP contribution in [0.5, 0.6) is 5.88 Å². The van der Waals surface area contributed by atoms with E-state index < -0.39 is 0 Å². The van der Waals surface area contributed by atoms with Crippen LogP contribution in [0.4, 0.5) is 0 Å². The monoisotopic (exact) mass is 253 g/mol. The molecular weight excluding hydrogens is 234 g/mol. The predicted molar refractivity (Wildman–Crippen MR) is 67.9 cm³/mol. The van der Waals surface area contributed by atoms with Gasteiger partial charge in [-0.15, -0.1) is 0 Å². The van der Waals surface area contributed by atoms with Crippen molar-refractivity contribution in [2.45, 2.75) is 25.9 Å². The predicted octanol–water partition coefficient (Wildman–Crippen LogP) is 1.37. The van der Waals surface area contributed by atoms with Gasteiger partial charge in [0.2, 0.25) is 5.88 Å². The summed E-state index contributed by atoms with van der Waals surface area (Å²) in [5.41, 5.74) is 5.81. The lowest BCUT2D eigenvalue weighted by Gasteiger charge is -2.22. The Balaban J connectivity index is 2.58. The topological polar surface area (TPSA) is 90.0 Å². The molecule has 1 heterocycles. The standard InChI is InChI=1S/C12H19N3O3/c1-12(2,17-3)5-7-18-10-8-9(4-6-14-10)11(13)15-16/h4,6,8,16H,5,7H2,1-3H3,(H2,13,15). The van der Waals surface area contributed by atoms with Crippen LogP contribution in [-0.4, -0.2) is 35.3 Å². The van der Waals surface area contributed by atoms with Crippen LogP contribution in [0.3, 0.4) is 0 Å². The molecule has 1 aromatic rings. The average molecular weight is 253 g/mol. The van der Waals surface area contributed by atoms with Gasteiger partial charge in [-0.3, -0.25) is 0 Å². The molecule has 100 valence electrons. The van der Waals surface area contributed by atoms with Crippen LogP contribution in [-0.2, 0) is 4.74 Å². The molecule has 0 aliphatic heterocycles. The molecule has 0 saturated carbocycles. The first kappa shape index (κ1) is 14.2. The zero-order chi connectivity index (χ0) is 13.6. The minimum Gasteiger partial charge on any atom is -0.478 e. The largest absolute Gasteiger partial charge is 0.478 e. The summed E-state index contributed by atoms with van der Waals surface area (Å²) in [4.78, 5) is 4.05. The molecule has 0 amide bonds. The van der Waals surface area contributed by atoms with Gasteiger partial charge in [-0.25, -0.2) is 4.98 Å². The highest BCUT2D eigenvalue weighted by Gasteiger charge is 2.16. The second-order valence-electron chi connectivity index (χ2n) is 4.43. The molecule has 18 heavy (non-hydrogen) atoms. The second kappa shape index (κ2) is 6.20. The first-order valence-electron chi connectivity index (χ1n) is 5.60. The van der Waals surface area contributed by atoms with Crippen molar-refractivity contribution in [3.8, 4) is 5.88 Å². The van der Waals surface area contributed by atoms with E-state index in [1.54, 1.807) is 25.4 Å². The number of hydrogen-bond acceptors (Lipinski definition) is 5. The lowest BCUT2D eigenvalue weighted by molar-refractivity contribution is 0.00509. The highest BCUT2D eigenvalue weighted by atomic mass is 16.5. The van der Waals surface area contributed by atoms with Gasteiger partial charge >= 0.3 is 0 Å². The van der Waals surface area contributed by atoms with E-state index in [4.69, 9.17) is 20.4 Å². The maximum atomic E-state index is 8.58. The summed E-state index contributed by atoms with van der Waals surface area (Å²) in [6.07, 6.45) is 2.28. The molecule has 0 fully saturated rings. The van der Waals surface area contributed by atoms with E-state index >= 15 is 0 Å². The van der Waals surface area contributed by atoms with Crippen molar-refractivity contribution in [1.29, 1.82) is 0 Å². The molecular formula is C12H19N3O3. The third kappa shape index (κ3) is 4.21. The van der Waals surface area contributed by atoms with E-state index in [1.807, 2.05) is 13.8 Å². The Labute approximate surface area is 106 Å². The van der Waals surface area contributed by atoms with Crippen molar-refractivity contribution >= 4 is 5.84 Å². The molecule has 0 spiro atoms. The van der Waals surface area contributed by atoms with E-state index in [9.17, 15) is 0 Å². The zero-order valence-electron chi connectivity index (χ0n) is 10.9. The maximum Gasteiger partial charge on any atom is 0.213 e. The summed E-state index contributed by atoms with van der Waals surface area (Å²) >= 11 is 0. The fourth-order valence-electron chi connectivity index (χ4n) is 1.21. The van der Waals surface area contributed by atoms with E-state index in [1.165, 1.54) is 0 Å². The van der Waals surface area contributed by atoms with Gasteiger partial charge in [-0.05, 0) is 19.9 Å². The van der Waals surface area contributed by atoms with Gasteiger partial charge in [-0.2, -0.15) is 0 Å². The molecule has 6 nitrogen and oxygen atoms in total. The fourth-order valence-corrected chi connectivity index (χ4v) is 1.21. The second-order valence-corrected chi connectivity index (χ2v) is 4.43. The summed E-state index contributed by atoms with van der Waals surface area (Å²) in [5.74, 6) is 0.463. The SMILES string of the molecule is COC(C)(C)CCOc1cc(/C(N)=N/O)ccn1. The molecule has 0 saturated heterocycles. The van der Waals surface area contributed by atoms with Gasteiger partial charge in [-0.1, -0.05) is 5.16 Å². The molecule has 0 unspecified atom stereocenters. The van der Waals surface area contributed by atoms with Gasteiger partial charge < -0.3 is 20.4 Å². The van der Waals surface area contributed by atoms with Crippen molar-refractivity contribution in [3.05, 3.63) is 23.9 Å². The number of pyridine rings is 1. The molecule has 0 aliphatic carbocycles. The molecule has 0 aromatic carbocycles. The Morgan fingerprint density at radius 2 is 2.28 bits per heavy atom. The zero-order valence-corrected chi connectivity index (χ0v) is 10.9. The molecule has 1 aromatic heterocycles. The molecule has 0 bridgehead atoms. The number of nitrogens with two attached hydrogens (primary N) is 1. The highest BCUT2D eigenvalue weighted by molar-refractivity contribution is 5.97. The lowest BCUT2D eigenvalue weighted by Crippen LogP contribution is -2.25. The molecule has 0 atom stereocenters. The van der Waals surface area contributed by atoms with Gasteiger partial charge in [0.25, 0.3) is 0 Å². The van der Waals surface area contributed by atoms with Gasteiger partial charge in [0, 0.05) is 31.4 Å². The minimum absolute atomic E-state index is 0.0273. The third-order valence-electron chi connectivity index (χ3n) is 2.65. The third-order valence-corrected chi connectivity index (χ3v) is 2.65. The summed E-state index contributed by atoms with van der Waals surface area (Å²) in [6.45, 7) is 4.45. The number of methoxy groups -OCH3 is 1. The number of nitrogens with zero attached hydrogens (tertiary/aromatic N) is 2. The normalized spacial score (nSPS) is 12.5. The van der Waals surface area contributed by atoms with E-state index in [0.717, 1.165) is 6.42 Å². The average Bonchev–Trinajstić information content (AvgIpc) is 2.38. The number of ether oxygens (including phenoxy) is 2. The number of amidine groups is 1. The highest BCUT2D eigenvalue weighted by Crippen LogP contribution is 2.15. The van der Waals surface area contributed by atoms with E-state index in [-0.39, 0.29) is 11.4 Å². The molecule has 0 aliphatic rings. The Bertz CT molecular complexity index is 419. The molecule has 1 rings (SSSR count). The van der Waals surface area contributed by atoms with Crippen molar-refractivity contribution in [1.82, 2.24) is 4.98 Å². The number of aromatic nitrogens is 1. The maximum absolute atomic E-state index is 8.58. The van der Waals surface area contributed by atoms with Crippen LogP contribution in [0.1, 0.15) is 25.8 Å². The number of rotatable bonds is 6. The smallest absolute Gasteiger partial charge is 0.213 e. The quantitative estimate of drug-likeness (QED) is 0.346. The van der Waals surface area contributed by atoms with Gasteiger partial charge in [0.05, 0.1) is 12.2 Å². The van der Waals surface area contributed by atoms with Crippen LogP contribution in [0.25, 0.3) is 0 Å². The number of hydrogen-bond donors (Lipinski definition) is 2. The summed E-state index contributed by atoms with van der Waals surface area (Å²) in [5, 5.41) is 11.5. The Hall–Kier alpha value is -1.82. The van der Waals surface area contributed by atoms with Gasteiger partial charge in [0.1, 0.15) is 0 Å². The summed E-state index contributed by atoms with van der Waals surface area (Å²) in [7, 11) is 1.66. The van der Waals surface area contributed by atoms with Crippen LogP contribution in [0.2, 0.25) is 0 Å². The van der Waals surface area contributed by atoms with Crippen LogP contribution >= 0.6 is 0 Å². The summed E-state index contributed by atoms with van der Waals surface area (Å²) < 4.78 is 10.8. The Morgan fingerprint density at radius 1 is 1.56 bits per heavy atom. The Kier molecular flexibility index (Phi) is 4.91. The Morgan fingerprint density at radius 3 is 2.89 bits per heavy atom. The van der Waals surface area contributed by atoms with E-state index in [2.05, 4.69) is 10.1 Å². The molecule has 0 radical (unpaired) electrons. The van der Waals surface area contributed by atoms with Crippen LogP contribution < -0.4 is 10.5 Å². The van der Waals surface area contributed by atoms with Crippen LogP contribution in [0, 0.1) is 0 Å². The van der Waals surface area contributed by atoms with Crippen LogP contribution in [0.15, 0.2) is 23.5 Å². The van der Waals surface area contributed by atoms with Crippen molar-refractivity contribution in [2.24, 2.45) is 10.9 Å². The summed E-state index contributed by atoms with van der Waals surface area (Å²) in [6, 6.07) is 3.26. The lowest BCUT2D eigenvalue weighted by atomic mass is 10.1. The molecule has 6 heteroatoms. The van der Waals surface area contributed by atoms with Crippen molar-refractivity contribution in [3.63, 3.8) is 0 Å². The van der Waals surface area contributed by atoms with Crippen molar-refractivity contribution < 1.29 is 14.7 Å². The van der Waals surface area contributed by atoms with Gasteiger partial charge in [0.15, 0.2) is 5.84 Å². The first-order chi connectivity index (χ1) is 8.48. The van der Waals surface area contributed by atoms with E-state index in [0.29, 0.717) is 18.1 Å². The van der Waals surface area contributed by atoms with Crippen molar-refractivity contribution in [2.75, 3.05) is 13.7 Å². The first-order valence-corrected chi connectivity index (χ1v) is 5.60. The molecule has 3 N–H and O–H groups in total. The number of oxime groups is 1.